The Bertz CT molecular complexity index is 507. The molecule has 2 aromatic rings. The van der Waals surface area contributed by atoms with E-state index in [0.29, 0.717) is 11.3 Å². The van der Waals surface area contributed by atoms with Gasteiger partial charge in [-0.2, -0.15) is 28.6 Å². The molecule has 0 saturated carbocycles. The fourth-order valence-corrected chi connectivity index (χ4v) is 1.62. The summed E-state index contributed by atoms with van der Waals surface area (Å²) < 4.78 is 37.6. The summed E-state index contributed by atoms with van der Waals surface area (Å²) in [6.07, 6.45) is -2.61. The van der Waals surface area contributed by atoms with Crippen molar-refractivity contribution >= 4 is 0 Å². The number of aromatic amines is 1. The van der Waals surface area contributed by atoms with Gasteiger partial charge in [-0.15, -0.1) is 0 Å². The summed E-state index contributed by atoms with van der Waals surface area (Å²) in [5.41, 5.74) is 6.19. The maximum atomic E-state index is 12.5. The molecule has 0 amide bonds. The molecule has 0 aliphatic rings. The van der Waals surface area contributed by atoms with Crippen LogP contribution in [0.15, 0.2) is 30.5 Å². The summed E-state index contributed by atoms with van der Waals surface area (Å²) in [6.45, 7) is 0. The third kappa shape index (κ3) is 2.86. The lowest BCUT2D eigenvalue weighted by Gasteiger charge is -2.11. The summed E-state index contributed by atoms with van der Waals surface area (Å²) in [5.74, 6) is 0. The molecule has 96 valence electrons. The van der Waals surface area contributed by atoms with Crippen LogP contribution in [0.25, 0.3) is 0 Å². The van der Waals surface area contributed by atoms with E-state index in [1.807, 2.05) is 0 Å². The van der Waals surface area contributed by atoms with Crippen molar-refractivity contribution < 1.29 is 13.2 Å². The van der Waals surface area contributed by atoms with Crippen molar-refractivity contribution in [2.24, 2.45) is 5.73 Å². The molecule has 0 spiro atoms. The Balaban J connectivity index is 2.15. The first-order valence-electron chi connectivity index (χ1n) is 5.24. The fraction of sp³-hybridized carbons (Fsp3) is 0.273. The molecule has 2 rings (SSSR count). The zero-order valence-corrected chi connectivity index (χ0v) is 9.28. The predicted molar refractivity (Wildman–Crippen MR) is 58.5 cm³/mol. The van der Waals surface area contributed by atoms with Crippen molar-refractivity contribution in [1.29, 1.82) is 0 Å². The molecule has 0 bridgehead atoms. The van der Waals surface area contributed by atoms with Gasteiger partial charge < -0.3 is 5.73 Å². The van der Waals surface area contributed by atoms with Crippen LogP contribution >= 0.6 is 0 Å². The molecular weight excluding hydrogens is 245 g/mol. The Kier molecular flexibility index (Phi) is 3.33. The summed E-state index contributed by atoms with van der Waals surface area (Å²) >= 11 is 0. The van der Waals surface area contributed by atoms with Crippen LogP contribution in [-0.2, 0) is 12.6 Å². The standard InChI is InChI=1S/C11H11F3N4/c12-11(13,14)8-3-1-2-7(4-8)5-9(15)10-6-16-18-17-10/h1-4,6,9H,5,15H2,(H,16,17,18). The number of hydrogen-bond donors (Lipinski definition) is 2. The van der Waals surface area contributed by atoms with Crippen molar-refractivity contribution in [3.8, 4) is 0 Å². The molecule has 0 saturated heterocycles. The average molecular weight is 256 g/mol. The van der Waals surface area contributed by atoms with Gasteiger partial charge in [-0.1, -0.05) is 18.2 Å². The topological polar surface area (TPSA) is 67.6 Å². The van der Waals surface area contributed by atoms with Crippen LogP contribution in [0.5, 0.6) is 0 Å². The number of benzene rings is 1. The minimum atomic E-state index is -4.34. The first-order valence-corrected chi connectivity index (χ1v) is 5.24. The Morgan fingerprint density at radius 2 is 2.11 bits per heavy atom. The smallest absolute Gasteiger partial charge is 0.322 e. The van der Waals surface area contributed by atoms with Gasteiger partial charge >= 0.3 is 6.18 Å². The highest BCUT2D eigenvalue weighted by atomic mass is 19.4. The lowest BCUT2D eigenvalue weighted by atomic mass is 10.0. The first kappa shape index (κ1) is 12.6. The molecule has 0 aliphatic carbocycles. The average Bonchev–Trinajstić information content (AvgIpc) is 2.81. The number of halogens is 3. The van der Waals surface area contributed by atoms with E-state index in [9.17, 15) is 13.2 Å². The van der Waals surface area contributed by atoms with Crippen LogP contribution in [0.2, 0.25) is 0 Å². The van der Waals surface area contributed by atoms with Gasteiger partial charge in [0, 0.05) is 0 Å². The molecule has 1 unspecified atom stereocenters. The molecule has 1 atom stereocenters. The van der Waals surface area contributed by atoms with Crippen LogP contribution in [0.1, 0.15) is 22.9 Å². The zero-order chi connectivity index (χ0) is 13.2. The van der Waals surface area contributed by atoms with Crippen LogP contribution in [0.3, 0.4) is 0 Å². The molecule has 4 nitrogen and oxygen atoms in total. The van der Waals surface area contributed by atoms with Gasteiger partial charge in [0.15, 0.2) is 0 Å². The second-order valence-electron chi connectivity index (χ2n) is 3.90. The van der Waals surface area contributed by atoms with E-state index >= 15 is 0 Å². The Morgan fingerprint density at radius 1 is 1.33 bits per heavy atom. The Morgan fingerprint density at radius 3 is 2.72 bits per heavy atom. The van der Waals surface area contributed by atoms with Gasteiger partial charge in [0.25, 0.3) is 0 Å². The molecule has 1 heterocycles. The third-order valence-electron chi connectivity index (χ3n) is 2.52. The SMILES string of the molecule is NC(Cc1cccc(C(F)(F)F)c1)c1cn[nH]n1. The normalized spacial score (nSPS) is 13.6. The number of nitrogens with two attached hydrogens (primary N) is 1. The lowest BCUT2D eigenvalue weighted by molar-refractivity contribution is -0.137. The van der Waals surface area contributed by atoms with Gasteiger partial charge in [-0.3, -0.25) is 0 Å². The number of nitrogens with one attached hydrogen (secondary N) is 1. The third-order valence-corrected chi connectivity index (χ3v) is 2.52. The van der Waals surface area contributed by atoms with Crippen LogP contribution in [0, 0.1) is 0 Å². The highest BCUT2D eigenvalue weighted by Gasteiger charge is 2.30. The highest BCUT2D eigenvalue weighted by molar-refractivity contribution is 5.26. The molecular formula is C11H11F3N4. The molecule has 18 heavy (non-hydrogen) atoms. The van der Waals surface area contributed by atoms with Crippen LogP contribution in [-0.4, -0.2) is 15.4 Å². The maximum Gasteiger partial charge on any atom is 0.416 e. The van der Waals surface area contributed by atoms with Crippen molar-refractivity contribution in [3.63, 3.8) is 0 Å². The summed E-state index contributed by atoms with van der Waals surface area (Å²) in [6, 6.07) is 4.63. The quantitative estimate of drug-likeness (QED) is 0.883. The molecule has 7 heteroatoms. The number of nitrogens with zero attached hydrogens (tertiary/aromatic N) is 2. The van der Waals surface area contributed by atoms with Crippen LogP contribution < -0.4 is 5.73 Å². The predicted octanol–water partition coefficient (Wildman–Crippen LogP) is 2.07. The molecule has 0 aliphatic heterocycles. The van der Waals surface area contributed by atoms with Gasteiger partial charge in [0.2, 0.25) is 0 Å². The van der Waals surface area contributed by atoms with Crippen molar-refractivity contribution in [2.75, 3.05) is 0 Å². The zero-order valence-electron chi connectivity index (χ0n) is 9.28. The molecule has 3 N–H and O–H groups in total. The van der Waals surface area contributed by atoms with Crippen LogP contribution in [0.4, 0.5) is 13.2 Å². The fourth-order valence-electron chi connectivity index (χ4n) is 1.62. The summed E-state index contributed by atoms with van der Waals surface area (Å²) in [4.78, 5) is 0. The molecule has 1 aromatic heterocycles. The Hall–Kier alpha value is -1.89. The number of alkyl halides is 3. The maximum absolute atomic E-state index is 12.5. The van der Waals surface area contributed by atoms with E-state index in [1.165, 1.54) is 12.3 Å². The lowest BCUT2D eigenvalue weighted by Crippen LogP contribution is -2.14. The number of H-pyrrole nitrogens is 1. The van der Waals surface area contributed by atoms with Crippen molar-refractivity contribution in [2.45, 2.75) is 18.6 Å². The van der Waals surface area contributed by atoms with E-state index in [0.717, 1.165) is 12.1 Å². The number of hydrogen-bond acceptors (Lipinski definition) is 3. The van der Waals surface area contributed by atoms with E-state index in [1.54, 1.807) is 6.07 Å². The second-order valence-corrected chi connectivity index (χ2v) is 3.90. The highest BCUT2D eigenvalue weighted by Crippen LogP contribution is 2.30. The monoisotopic (exact) mass is 256 g/mol. The van der Waals surface area contributed by atoms with Gasteiger partial charge in [-0.25, -0.2) is 0 Å². The van der Waals surface area contributed by atoms with Crippen molar-refractivity contribution in [3.05, 3.63) is 47.3 Å². The largest absolute Gasteiger partial charge is 0.416 e. The van der Waals surface area contributed by atoms with E-state index in [-0.39, 0.29) is 6.42 Å². The summed E-state index contributed by atoms with van der Waals surface area (Å²) in [7, 11) is 0. The summed E-state index contributed by atoms with van der Waals surface area (Å²) in [5, 5.41) is 9.82. The van der Waals surface area contributed by atoms with E-state index < -0.39 is 17.8 Å². The van der Waals surface area contributed by atoms with E-state index in [4.69, 9.17) is 5.73 Å². The second kappa shape index (κ2) is 4.77. The first-order chi connectivity index (χ1) is 8.47. The molecule has 1 aromatic carbocycles. The molecule has 0 fully saturated rings. The van der Waals surface area contributed by atoms with Gasteiger partial charge in [0.1, 0.15) is 0 Å². The van der Waals surface area contributed by atoms with Gasteiger partial charge in [-0.05, 0) is 18.1 Å². The van der Waals surface area contributed by atoms with Gasteiger partial charge in [0.05, 0.1) is 23.5 Å². The number of aromatic nitrogens is 3. The minimum Gasteiger partial charge on any atom is -0.322 e. The number of rotatable bonds is 3. The minimum absolute atomic E-state index is 0.274. The van der Waals surface area contributed by atoms with E-state index in [2.05, 4.69) is 15.4 Å². The molecule has 0 radical (unpaired) electrons. The Labute approximate surface area is 101 Å². The van der Waals surface area contributed by atoms with Crippen molar-refractivity contribution in [1.82, 2.24) is 15.4 Å².